The number of nitrogens with zero attached hydrogens (tertiary/aromatic N) is 3. The van der Waals surface area contributed by atoms with Gasteiger partial charge in [0.05, 0.1) is 16.3 Å². The zero-order chi connectivity index (χ0) is 18.7. The molecule has 1 aliphatic heterocycles. The molecule has 2 aromatic rings. The topological polar surface area (TPSA) is 105 Å². The lowest BCUT2D eigenvalue weighted by Gasteiger charge is -2.23. The molecule has 0 bridgehead atoms. The molecule has 0 aliphatic carbocycles. The molecule has 0 unspecified atom stereocenters. The maximum Gasteiger partial charge on any atom is 0.271 e. The Morgan fingerprint density at radius 2 is 1.92 bits per heavy atom. The van der Waals surface area contributed by atoms with Crippen molar-refractivity contribution in [3.05, 3.63) is 64.5 Å². The lowest BCUT2D eigenvalue weighted by molar-refractivity contribution is -0.384. The molecule has 26 heavy (non-hydrogen) atoms. The first kappa shape index (κ1) is 17.2. The lowest BCUT2D eigenvalue weighted by Crippen LogP contribution is -2.36. The van der Waals surface area contributed by atoms with Gasteiger partial charge in [0.1, 0.15) is 11.5 Å². The van der Waals surface area contributed by atoms with Crippen LogP contribution in [0.2, 0.25) is 0 Å². The van der Waals surface area contributed by atoms with Crippen LogP contribution in [0.5, 0.6) is 0 Å². The highest BCUT2D eigenvalue weighted by atomic mass is 19.1. The number of hydrazone groups is 1. The van der Waals surface area contributed by atoms with E-state index in [4.69, 9.17) is 0 Å². The van der Waals surface area contributed by atoms with Crippen molar-refractivity contribution in [2.75, 3.05) is 10.3 Å². The number of benzene rings is 2. The van der Waals surface area contributed by atoms with Crippen molar-refractivity contribution in [2.45, 2.75) is 12.8 Å². The van der Waals surface area contributed by atoms with Crippen LogP contribution >= 0.6 is 0 Å². The third-order valence-corrected chi connectivity index (χ3v) is 3.70. The summed E-state index contributed by atoms with van der Waals surface area (Å²) in [6.45, 7) is 0. The monoisotopic (exact) mass is 356 g/mol. The largest absolute Gasteiger partial charge is 0.318 e. The van der Waals surface area contributed by atoms with Gasteiger partial charge in [-0.2, -0.15) is 5.10 Å². The number of nitrogens with one attached hydrogen (secondary N) is 1. The second kappa shape index (κ2) is 7.09. The summed E-state index contributed by atoms with van der Waals surface area (Å²) in [5.41, 5.74) is -0.146. The van der Waals surface area contributed by atoms with Crippen molar-refractivity contribution in [1.82, 2.24) is 0 Å². The average molecular weight is 356 g/mol. The molecule has 9 heteroatoms. The smallest absolute Gasteiger partial charge is 0.271 e. The van der Waals surface area contributed by atoms with Gasteiger partial charge >= 0.3 is 0 Å². The van der Waals surface area contributed by atoms with E-state index >= 15 is 0 Å². The SMILES string of the molecule is O=C(Nc1cc([N+](=O)[O-])ccc1F)C1=NN(c2ccccc2)C(=O)CC1. The number of para-hydroxylation sites is 1. The fourth-order valence-electron chi connectivity index (χ4n) is 2.40. The number of nitro groups is 1. The summed E-state index contributed by atoms with van der Waals surface area (Å²) in [7, 11) is 0. The van der Waals surface area contributed by atoms with Crippen LogP contribution in [0.4, 0.5) is 21.5 Å². The summed E-state index contributed by atoms with van der Waals surface area (Å²) >= 11 is 0. The van der Waals surface area contributed by atoms with Gasteiger partial charge in [-0.15, -0.1) is 0 Å². The van der Waals surface area contributed by atoms with Crippen LogP contribution in [0.3, 0.4) is 0 Å². The molecule has 0 fully saturated rings. The number of rotatable bonds is 4. The van der Waals surface area contributed by atoms with Crippen LogP contribution in [0.15, 0.2) is 53.6 Å². The summed E-state index contributed by atoms with van der Waals surface area (Å²) in [6, 6.07) is 11.4. The first-order chi connectivity index (χ1) is 12.5. The minimum atomic E-state index is -0.809. The van der Waals surface area contributed by atoms with E-state index < -0.39 is 16.6 Å². The molecule has 132 valence electrons. The van der Waals surface area contributed by atoms with Gasteiger partial charge in [0.15, 0.2) is 0 Å². The molecule has 0 aromatic heterocycles. The average Bonchev–Trinajstić information content (AvgIpc) is 2.64. The van der Waals surface area contributed by atoms with Gasteiger partial charge in [-0.25, -0.2) is 9.40 Å². The van der Waals surface area contributed by atoms with Gasteiger partial charge in [-0.1, -0.05) is 18.2 Å². The molecule has 1 aliphatic rings. The van der Waals surface area contributed by atoms with Gasteiger partial charge in [-0.05, 0) is 18.2 Å². The predicted molar refractivity (Wildman–Crippen MR) is 92.3 cm³/mol. The fraction of sp³-hybridized carbons (Fsp3) is 0.118. The Bertz CT molecular complexity index is 914. The van der Waals surface area contributed by atoms with Crippen molar-refractivity contribution in [1.29, 1.82) is 0 Å². The molecule has 3 rings (SSSR count). The number of carbonyl (C=O) groups is 2. The quantitative estimate of drug-likeness (QED) is 0.672. The van der Waals surface area contributed by atoms with E-state index in [-0.39, 0.29) is 35.8 Å². The van der Waals surface area contributed by atoms with Gasteiger partial charge in [0, 0.05) is 25.0 Å². The lowest BCUT2D eigenvalue weighted by atomic mass is 10.1. The van der Waals surface area contributed by atoms with Crippen LogP contribution in [-0.2, 0) is 9.59 Å². The molecular weight excluding hydrogens is 343 g/mol. The van der Waals surface area contributed by atoms with E-state index in [1.807, 2.05) is 0 Å². The first-order valence-electron chi connectivity index (χ1n) is 7.66. The third kappa shape index (κ3) is 3.56. The molecule has 0 saturated carbocycles. The summed E-state index contributed by atoms with van der Waals surface area (Å²) in [5, 5.41) is 18.2. The Labute approximate surface area is 147 Å². The van der Waals surface area contributed by atoms with E-state index in [1.165, 1.54) is 0 Å². The van der Waals surface area contributed by atoms with Crippen molar-refractivity contribution in [3.63, 3.8) is 0 Å². The van der Waals surface area contributed by atoms with Crippen LogP contribution in [0.1, 0.15) is 12.8 Å². The number of anilines is 2. The zero-order valence-corrected chi connectivity index (χ0v) is 13.4. The highest BCUT2D eigenvalue weighted by Crippen LogP contribution is 2.23. The second-order valence-corrected chi connectivity index (χ2v) is 5.46. The Kier molecular flexibility index (Phi) is 4.70. The summed E-state index contributed by atoms with van der Waals surface area (Å²) in [6.07, 6.45) is 0.156. The number of halogens is 1. The third-order valence-electron chi connectivity index (χ3n) is 3.70. The maximum atomic E-state index is 13.8. The molecule has 1 heterocycles. The van der Waals surface area contributed by atoms with E-state index in [9.17, 15) is 24.1 Å². The molecule has 8 nitrogen and oxygen atoms in total. The first-order valence-corrected chi connectivity index (χ1v) is 7.66. The minimum Gasteiger partial charge on any atom is -0.318 e. The van der Waals surface area contributed by atoms with Crippen LogP contribution in [-0.4, -0.2) is 22.4 Å². The molecular formula is C17H13FN4O4. The molecule has 1 N–H and O–H groups in total. The van der Waals surface area contributed by atoms with Crippen LogP contribution < -0.4 is 10.3 Å². The Balaban J connectivity index is 1.85. The number of nitro benzene ring substituents is 1. The normalized spacial score (nSPS) is 14.0. The Hall–Kier alpha value is -3.62. The number of carbonyl (C=O) groups excluding carboxylic acids is 2. The predicted octanol–water partition coefficient (Wildman–Crippen LogP) is 2.86. The maximum absolute atomic E-state index is 13.8. The van der Waals surface area contributed by atoms with Gasteiger partial charge in [-0.3, -0.25) is 19.7 Å². The highest BCUT2D eigenvalue weighted by Gasteiger charge is 2.26. The van der Waals surface area contributed by atoms with E-state index in [0.29, 0.717) is 5.69 Å². The van der Waals surface area contributed by atoms with Crippen LogP contribution in [0, 0.1) is 15.9 Å². The summed E-state index contributed by atoms with van der Waals surface area (Å²) < 4.78 is 13.8. The molecule has 2 aromatic carbocycles. The molecule has 0 atom stereocenters. The number of non-ortho nitro benzene ring substituents is 1. The number of hydrogen-bond acceptors (Lipinski definition) is 5. The highest BCUT2D eigenvalue weighted by molar-refractivity contribution is 6.44. The Morgan fingerprint density at radius 1 is 1.19 bits per heavy atom. The van der Waals surface area contributed by atoms with Crippen molar-refractivity contribution >= 4 is 34.6 Å². The number of hydrogen-bond donors (Lipinski definition) is 1. The van der Waals surface area contributed by atoms with Crippen LogP contribution in [0.25, 0.3) is 0 Å². The molecule has 0 radical (unpaired) electrons. The van der Waals surface area contributed by atoms with Gasteiger partial charge in [0.2, 0.25) is 5.91 Å². The molecule has 0 spiro atoms. The Morgan fingerprint density at radius 3 is 2.62 bits per heavy atom. The number of amides is 2. The van der Waals surface area contributed by atoms with Gasteiger partial charge in [0.25, 0.3) is 11.6 Å². The minimum absolute atomic E-state index is 0.0272. The standard InChI is InChI=1S/C17H13FN4O4/c18-13-7-6-12(22(25)26)10-15(13)19-17(24)14-8-9-16(23)21(20-14)11-4-2-1-3-5-11/h1-7,10H,8-9H2,(H,19,24). The fourth-order valence-corrected chi connectivity index (χ4v) is 2.40. The van der Waals surface area contributed by atoms with Crippen molar-refractivity contribution in [2.24, 2.45) is 5.10 Å². The van der Waals surface area contributed by atoms with E-state index in [0.717, 1.165) is 23.2 Å². The van der Waals surface area contributed by atoms with E-state index in [1.54, 1.807) is 30.3 Å². The van der Waals surface area contributed by atoms with Crippen molar-refractivity contribution < 1.29 is 18.9 Å². The molecule has 0 saturated heterocycles. The second-order valence-electron chi connectivity index (χ2n) is 5.46. The summed E-state index contributed by atoms with van der Waals surface area (Å²) in [5.74, 6) is -1.80. The van der Waals surface area contributed by atoms with Crippen molar-refractivity contribution in [3.8, 4) is 0 Å². The summed E-state index contributed by atoms with van der Waals surface area (Å²) in [4.78, 5) is 34.5. The zero-order valence-electron chi connectivity index (χ0n) is 13.4. The van der Waals surface area contributed by atoms with Gasteiger partial charge < -0.3 is 5.32 Å². The molecule has 2 amide bonds. The van der Waals surface area contributed by atoms with E-state index in [2.05, 4.69) is 10.4 Å².